The zero-order valence-corrected chi connectivity index (χ0v) is 8.92. The lowest BCUT2D eigenvalue weighted by atomic mass is 9.87. The van der Waals surface area contributed by atoms with Gasteiger partial charge < -0.3 is 10.1 Å². The highest BCUT2D eigenvalue weighted by molar-refractivity contribution is 5.91. The number of methoxy groups -OCH3 is 1. The first-order valence-electron chi connectivity index (χ1n) is 4.89. The Morgan fingerprint density at radius 2 is 2.29 bits per heavy atom. The second kappa shape index (κ2) is 3.98. The number of carbonyl (C=O) groups is 2. The third-order valence-electron chi connectivity index (χ3n) is 2.49. The second-order valence-corrected chi connectivity index (χ2v) is 4.22. The molecule has 1 fully saturated rings. The Hall–Kier alpha value is -1.06. The predicted molar refractivity (Wildman–Crippen MR) is 51.6 cm³/mol. The van der Waals surface area contributed by atoms with Crippen LogP contribution in [0.4, 0.5) is 0 Å². The number of amides is 1. The van der Waals surface area contributed by atoms with Crippen LogP contribution in [-0.4, -0.2) is 24.5 Å². The highest BCUT2D eigenvalue weighted by Crippen LogP contribution is 2.28. The fraction of sp³-hybridized carbons (Fsp3) is 0.800. The molecule has 0 aromatic carbocycles. The van der Waals surface area contributed by atoms with Crippen molar-refractivity contribution in [3.05, 3.63) is 0 Å². The lowest BCUT2D eigenvalue weighted by Crippen LogP contribution is -2.50. The van der Waals surface area contributed by atoms with E-state index in [1.54, 1.807) is 0 Å². The fourth-order valence-corrected chi connectivity index (χ4v) is 2.00. The summed E-state index contributed by atoms with van der Waals surface area (Å²) in [7, 11) is 1.36. The maximum absolute atomic E-state index is 11.6. The molecule has 1 unspecified atom stereocenters. The Balaban J connectivity index is 2.80. The molecule has 4 heteroatoms. The second-order valence-electron chi connectivity index (χ2n) is 4.22. The van der Waals surface area contributed by atoms with Crippen molar-refractivity contribution in [2.75, 3.05) is 7.11 Å². The van der Waals surface area contributed by atoms with Crippen LogP contribution >= 0.6 is 0 Å². The number of carbonyl (C=O) groups excluding carboxylic acids is 2. The van der Waals surface area contributed by atoms with Gasteiger partial charge >= 0.3 is 5.97 Å². The molecule has 0 radical (unpaired) electrons. The Kier molecular flexibility index (Phi) is 3.13. The lowest BCUT2D eigenvalue weighted by Gasteiger charge is -2.27. The Morgan fingerprint density at radius 1 is 1.64 bits per heavy atom. The molecule has 1 aliphatic rings. The van der Waals surface area contributed by atoms with Gasteiger partial charge in [0.1, 0.15) is 5.54 Å². The Bertz CT molecular complexity index is 250. The van der Waals surface area contributed by atoms with Crippen molar-refractivity contribution in [1.82, 2.24) is 5.32 Å². The number of nitrogens with one attached hydrogen (secondary N) is 1. The lowest BCUT2D eigenvalue weighted by molar-refractivity contribution is -0.149. The average Bonchev–Trinajstić information content (AvgIpc) is 2.46. The summed E-state index contributed by atoms with van der Waals surface area (Å²) in [5.74, 6) is -0.0272. The molecule has 80 valence electrons. The van der Waals surface area contributed by atoms with Crippen LogP contribution in [0.3, 0.4) is 0 Å². The van der Waals surface area contributed by atoms with Gasteiger partial charge in [-0.3, -0.25) is 4.79 Å². The van der Waals surface area contributed by atoms with Gasteiger partial charge in [0.15, 0.2) is 0 Å². The van der Waals surface area contributed by atoms with E-state index < -0.39 is 5.54 Å². The van der Waals surface area contributed by atoms with Crippen molar-refractivity contribution in [2.24, 2.45) is 5.92 Å². The van der Waals surface area contributed by atoms with Crippen molar-refractivity contribution in [3.63, 3.8) is 0 Å². The van der Waals surface area contributed by atoms with Gasteiger partial charge in [-0.2, -0.15) is 0 Å². The molecule has 0 bridgehead atoms. The topological polar surface area (TPSA) is 55.4 Å². The molecule has 0 saturated carbocycles. The fourth-order valence-electron chi connectivity index (χ4n) is 2.00. The maximum atomic E-state index is 11.6. The maximum Gasteiger partial charge on any atom is 0.331 e. The highest BCUT2D eigenvalue weighted by Gasteiger charge is 2.45. The van der Waals surface area contributed by atoms with Crippen LogP contribution in [0.1, 0.15) is 33.1 Å². The molecule has 1 aliphatic heterocycles. The number of hydrogen-bond acceptors (Lipinski definition) is 3. The minimum atomic E-state index is -0.764. The molecule has 1 atom stereocenters. The SMILES string of the molecule is COC(=O)C1(CC(C)C)CCC(=O)N1. The predicted octanol–water partition coefficient (Wildman–Crippen LogP) is 0.854. The first kappa shape index (κ1) is 11.0. The van der Waals surface area contributed by atoms with Gasteiger partial charge in [-0.05, 0) is 18.8 Å². The summed E-state index contributed by atoms with van der Waals surface area (Å²) in [6.07, 6.45) is 1.62. The third kappa shape index (κ3) is 2.05. The summed E-state index contributed by atoms with van der Waals surface area (Å²) in [5, 5.41) is 2.74. The minimum absolute atomic E-state index is 0.0592. The molecule has 0 aromatic rings. The van der Waals surface area contributed by atoms with Gasteiger partial charge in [0.05, 0.1) is 7.11 Å². The Labute approximate surface area is 84.0 Å². The molecule has 0 aliphatic carbocycles. The van der Waals surface area contributed by atoms with Crippen LogP contribution in [0.25, 0.3) is 0 Å². The molecule has 1 heterocycles. The van der Waals surface area contributed by atoms with Crippen LogP contribution in [-0.2, 0) is 14.3 Å². The average molecular weight is 199 g/mol. The largest absolute Gasteiger partial charge is 0.467 e. The van der Waals surface area contributed by atoms with E-state index in [4.69, 9.17) is 4.74 Å². The molecule has 1 rings (SSSR count). The number of ether oxygens (including phenoxy) is 1. The van der Waals surface area contributed by atoms with Crippen LogP contribution in [0.15, 0.2) is 0 Å². The molecule has 14 heavy (non-hydrogen) atoms. The van der Waals surface area contributed by atoms with Gasteiger partial charge in [0.25, 0.3) is 0 Å². The zero-order valence-electron chi connectivity index (χ0n) is 8.92. The van der Waals surface area contributed by atoms with E-state index in [2.05, 4.69) is 5.32 Å². The number of hydrogen-bond donors (Lipinski definition) is 1. The van der Waals surface area contributed by atoms with E-state index in [1.807, 2.05) is 13.8 Å². The zero-order chi connectivity index (χ0) is 10.8. The normalized spacial score (nSPS) is 26.4. The highest BCUT2D eigenvalue weighted by atomic mass is 16.5. The van der Waals surface area contributed by atoms with E-state index >= 15 is 0 Å². The van der Waals surface area contributed by atoms with Crippen molar-refractivity contribution < 1.29 is 14.3 Å². The Morgan fingerprint density at radius 3 is 2.64 bits per heavy atom. The van der Waals surface area contributed by atoms with Gasteiger partial charge in [0.2, 0.25) is 5.91 Å². The molecule has 1 saturated heterocycles. The van der Waals surface area contributed by atoms with Gasteiger partial charge in [0, 0.05) is 6.42 Å². The molecule has 0 aromatic heterocycles. The first-order chi connectivity index (χ1) is 6.50. The van der Waals surface area contributed by atoms with Gasteiger partial charge in [-0.15, -0.1) is 0 Å². The van der Waals surface area contributed by atoms with Crippen LogP contribution in [0.2, 0.25) is 0 Å². The van der Waals surface area contributed by atoms with E-state index in [-0.39, 0.29) is 11.9 Å². The van der Waals surface area contributed by atoms with E-state index in [9.17, 15) is 9.59 Å². The summed E-state index contributed by atoms with van der Waals surface area (Å²) in [5.41, 5.74) is -0.764. The van der Waals surface area contributed by atoms with Crippen LogP contribution < -0.4 is 5.32 Å². The summed E-state index contributed by atoms with van der Waals surface area (Å²) in [4.78, 5) is 22.7. The summed E-state index contributed by atoms with van der Waals surface area (Å²) >= 11 is 0. The number of esters is 1. The van der Waals surface area contributed by atoms with Crippen molar-refractivity contribution >= 4 is 11.9 Å². The molecule has 1 N–H and O–H groups in total. The molecule has 0 spiro atoms. The van der Waals surface area contributed by atoms with Gasteiger partial charge in [-0.1, -0.05) is 13.8 Å². The number of rotatable bonds is 3. The minimum Gasteiger partial charge on any atom is -0.467 e. The monoisotopic (exact) mass is 199 g/mol. The molecule has 4 nitrogen and oxygen atoms in total. The first-order valence-corrected chi connectivity index (χ1v) is 4.89. The summed E-state index contributed by atoms with van der Waals surface area (Å²) < 4.78 is 4.73. The quantitative estimate of drug-likeness (QED) is 0.686. The third-order valence-corrected chi connectivity index (χ3v) is 2.49. The van der Waals surface area contributed by atoms with Gasteiger partial charge in [-0.25, -0.2) is 4.79 Å². The van der Waals surface area contributed by atoms with Crippen molar-refractivity contribution in [1.29, 1.82) is 0 Å². The summed E-state index contributed by atoms with van der Waals surface area (Å²) in [6.45, 7) is 4.05. The summed E-state index contributed by atoms with van der Waals surface area (Å²) in [6, 6.07) is 0. The van der Waals surface area contributed by atoms with E-state index in [1.165, 1.54) is 7.11 Å². The molecular weight excluding hydrogens is 182 g/mol. The molecular formula is C10H17NO3. The standard InChI is InChI=1S/C10H17NO3/c1-7(2)6-10(9(13)14-3)5-4-8(12)11-10/h7H,4-6H2,1-3H3,(H,11,12). The van der Waals surface area contributed by atoms with Crippen LogP contribution in [0.5, 0.6) is 0 Å². The van der Waals surface area contributed by atoms with Crippen LogP contribution in [0, 0.1) is 5.92 Å². The van der Waals surface area contributed by atoms with Crippen molar-refractivity contribution in [3.8, 4) is 0 Å². The smallest absolute Gasteiger partial charge is 0.331 e. The van der Waals surface area contributed by atoms with E-state index in [0.717, 1.165) is 0 Å². The van der Waals surface area contributed by atoms with E-state index in [0.29, 0.717) is 25.2 Å². The molecule has 1 amide bonds. The van der Waals surface area contributed by atoms with Crippen molar-refractivity contribution in [2.45, 2.75) is 38.6 Å².